The average Bonchev–Trinajstić information content (AvgIpc) is 2.49. The van der Waals surface area contributed by atoms with E-state index in [4.69, 9.17) is 21.6 Å². The molecule has 0 unspecified atom stereocenters. The van der Waals surface area contributed by atoms with Crippen LogP contribution in [0.1, 0.15) is 15.9 Å². The van der Waals surface area contributed by atoms with Crippen molar-refractivity contribution < 1.29 is 14.3 Å². The lowest BCUT2D eigenvalue weighted by atomic mass is 10.2. The third-order valence-corrected chi connectivity index (χ3v) is 2.70. The predicted molar refractivity (Wildman–Crippen MR) is 71.8 cm³/mol. The van der Waals surface area contributed by atoms with E-state index in [9.17, 15) is 4.79 Å². The zero-order chi connectivity index (χ0) is 14.5. The van der Waals surface area contributed by atoms with Crippen LogP contribution in [0.2, 0.25) is 5.02 Å². The summed E-state index contributed by atoms with van der Waals surface area (Å²) in [5.74, 6) is 0.235. The molecule has 2 aromatic rings. The maximum atomic E-state index is 11.3. The predicted octanol–water partition coefficient (Wildman–Crippen LogP) is 3.19. The summed E-state index contributed by atoms with van der Waals surface area (Å²) in [4.78, 5) is 15.2. The van der Waals surface area contributed by atoms with Crippen molar-refractivity contribution in [3.8, 4) is 17.7 Å². The van der Waals surface area contributed by atoms with Crippen LogP contribution in [0.25, 0.3) is 0 Å². The second-order valence-electron chi connectivity index (χ2n) is 3.74. The Morgan fingerprint density at radius 2 is 2.05 bits per heavy atom. The molecule has 0 aliphatic rings. The molecule has 0 N–H and O–H groups in total. The molecule has 2 rings (SSSR count). The van der Waals surface area contributed by atoms with Crippen molar-refractivity contribution in [1.82, 2.24) is 4.98 Å². The highest BCUT2D eigenvalue weighted by atomic mass is 35.5. The number of hydrogen-bond donors (Lipinski definition) is 0. The molecule has 20 heavy (non-hydrogen) atoms. The molecule has 1 aromatic carbocycles. The molecule has 5 nitrogen and oxygen atoms in total. The topological polar surface area (TPSA) is 72.2 Å². The van der Waals surface area contributed by atoms with Crippen molar-refractivity contribution in [3.63, 3.8) is 0 Å². The molecule has 0 radical (unpaired) electrons. The second-order valence-corrected chi connectivity index (χ2v) is 4.15. The van der Waals surface area contributed by atoms with E-state index in [1.54, 1.807) is 24.3 Å². The Morgan fingerprint density at radius 1 is 1.35 bits per heavy atom. The van der Waals surface area contributed by atoms with Gasteiger partial charge >= 0.3 is 5.97 Å². The van der Waals surface area contributed by atoms with Crippen molar-refractivity contribution >= 4 is 17.6 Å². The number of ether oxygens (including phenoxy) is 2. The second kappa shape index (κ2) is 6.04. The zero-order valence-corrected chi connectivity index (χ0v) is 11.2. The van der Waals surface area contributed by atoms with Crippen LogP contribution in [0.3, 0.4) is 0 Å². The molecule has 0 saturated carbocycles. The van der Waals surface area contributed by atoms with Crippen molar-refractivity contribution in [1.29, 1.82) is 5.26 Å². The Kier molecular flexibility index (Phi) is 4.18. The van der Waals surface area contributed by atoms with Gasteiger partial charge in [-0.1, -0.05) is 11.6 Å². The highest BCUT2D eigenvalue weighted by molar-refractivity contribution is 6.31. The third-order valence-electron chi connectivity index (χ3n) is 2.43. The molecule has 0 saturated heterocycles. The van der Waals surface area contributed by atoms with Crippen LogP contribution in [0.4, 0.5) is 0 Å². The molecule has 0 aliphatic heterocycles. The monoisotopic (exact) mass is 288 g/mol. The van der Waals surface area contributed by atoms with Gasteiger partial charge < -0.3 is 9.47 Å². The Balaban J connectivity index is 2.18. The Morgan fingerprint density at radius 3 is 2.60 bits per heavy atom. The number of methoxy groups -OCH3 is 1. The number of benzene rings is 1. The number of pyridine rings is 1. The summed E-state index contributed by atoms with van der Waals surface area (Å²) in [5, 5.41) is 8.95. The number of carbonyl (C=O) groups excluding carboxylic acids is 1. The van der Waals surface area contributed by atoms with Crippen molar-refractivity contribution in [2.24, 2.45) is 0 Å². The minimum Gasteiger partial charge on any atom is -0.465 e. The summed E-state index contributed by atoms with van der Waals surface area (Å²) in [6.07, 6.45) is 1.37. The first-order chi connectivity index (χ1) is 9.63. The number of carbonyl (C=O) groups is 1. The molecule has 0 fully saturated rings. The molecule has 0 aliphatic carbocycles. The van der Waals surface area contributed by atoms with E-state index in [-0.39, 0.29) is 10.9 Å². The summed E-state index contributed by atoms with van der Waals surface area (Å²) in [6, 6.07) is 9.73. The van der Waals surface area contributed by atoms with Gasteiger partial charge in [0.2, 0.25) is 5.88 Å². The van der Waals surface area contributed by atoms with E-state index in [0.29, 0.717) is 16.9 Å². The van der Waals surface area contributed by atoms with Crippen LogP contribution in [0.5, 0.6) is 11.6 Å². The smallest absolute Gasteiger partial charge is 0.337 e. The summed E-state index contributed by atoms with van der Waals surface area (Å²) in [7, 11) is 1.31. The molecule has 0 bridgehead atoms. The van der Waals surface area contributed by atoms with Crippen molar-refractivity contribution in [3.05, 3.63) is 52.7 Å². The van der Waals surface area contributed by atoms with Gasteiger partial charge in [0.25, 0.3) is 0 Å². The van der Waals surface area contributed by atoms with Crippen LogP contribution in [0.15, 0.2) is 36.5 Å². The SMILES string of the molecule is COC(=O)c1ccc(Oc2ncc(C#N)cc2Cl)cc1. The lowest BCUT2D eigenvalue weighted by Crippen LogP contribution is -2.00. The fourth-order valence-corrected chi connectivity index (χ4v) is 1.66. The van der Waals surface area contributed by atoms with Crippen LogP contribution >= 0.6 is 11.6 Å². The van der Waals surface area contributed by atoms with Crippen LogP contribution < -0.4 is 4.74 Å². The van der Waals surface area contributed by atoms with Gasteiger partial charge in [0, 0.05) is 6.20 Å². The first-order valence-corrected chi connectivity index (χ1v) is 5.93. The van der Waals surface area contributed by atoms with Gasteiger partial charge in [0.1, 0.15) is 16.8 Å². The van der Waals surface area contributed by atoms with Crippen molar-refractivity contribution in [2.75, 3.05) is 7.11 Å². The summed E-state index contributed by atoms with van der Waals surface area (Å²) in [5.41, 5.74) is 0.766. The molecule has 6 heteroatoms. The highest BCUT2D eigenvalue weighted by Crippen LogP contribution is 2.27. The summed E-state index contributed by atoms with van der Waals surface area (Å²) in [6.45, 7) is 0. The van der Waals surface area contributed by atoms with Gasteiger partial charge in [-0.25, -0.2) is 9.78 Å². The van der Waals surface area contributed by atoms with E-state index in [1.165, 1.54) is 19.4 Å². The number of nitrogens with zero attached hydrogens (tertiary/aromatic N) is 2. The van der Waals surface area contributed by atoms with Crippen molar-refractivity contribution in [2.45, 2.75) is 0 Å². The molecule has 100 valence electrons. The first-order valence-electron chi connectivity index (χ1n) is 5.56. The van der Waals surface area contributed by atoms with E-state index in [2.05, 4.69) is 9.72 Å². The van der Waals surface area contributed by atoms with Crippen LogP contribution in [-0.2, 0) is 4.74 Å². The first kappa shape index (κ1) is 13.8. The van der Waals surface area contributed by atoms with Gasteiger partial charge in [0.05, 0.1) is 18.2 Å². The summed E-state index contributed by atoms with van der Waals surface area (Å²) >= 11 is 5.95. The number of halogens is 1. The minimum absolute atomic E-state index is 0.191. The standard InChI is InChI=1S/C14H9ClN2O3/c1-19-14(18)10-2-4-11(5-3-10)20-13-12(15)6-9(7-16)8-17-13/h2-6,8H,1H3. The lowest BCUT2D eigenvalue weighted by molar-refractivity contribution is 0.0600. The quantitative estimate of drug-likeness (QED) is 0.811. The third kappa shape index (κ3) is 3.05. The number of aromatic nitrogens is 1. The van der Waals surface area contributed by atoms with Crippen LogP contribution in [-0.4, -0.2) is 18.1 Å². The van der Waals surface area contributed by atoms with Gasteiger partial charge in [-0.2, -0.15) is 5.26 Å². The fraction of sp³-hybridized carbons (Fsp3) is 0.0714. The summed E-state index contributed by atoms with van der Waals surface area (Å²) < 4.78 is 10.1. The lowest BCUT2D eigenvalue weighted by Gasteiger charge is -2.07. The number of rotatable bonds is 3. The molecular formula is C14H9ClN2O3. The molecule has 0 atom stereocenters. The van der Waals surface area contributed by atoms with Gasteiger partial charge in [-0.3, -0.25) is 0 Å². The van der Waals surface area contributed by atoms with Gasteiger partial charge in [-0.05, 0) is 30.3 Å². The Labute approximate surface area is 120 Å². The zero-order valence-electron chi connectivity index (χ0n) is 10.5. The van der Waals surface area contributed by atoms with E-state index >= 15 is 0 Å². The fourth-order valence-electron chi connectivity index (χ4n) is 1.45. The molecular weight excluding hydrogens is 280 g/mol. The average molecular weight is 289 g/mol. The van der Waals surface area contributed by atoms with Crippen LogP contribution in [0, 0.1) is 11.3 Å². The maximum Gasteiger partial charge on any atom is 0.337 e. The van der Waals surface area contributed by atoms with E-state index in [0.717, 1.165) is 0 Å². The minimum atomic E-state index is -0.425. The van der Waals surface area contributed by atoms with E-state index in [1.807, 2.05) is 6.07 Å². The maximum absolute atomic E-state index is 11.3. The highest BCUT2D eigenvalue weighted by Gasteiger charge is 2.08. The number of nitriles is 1. The van der Waals surface area contributed by atoms with Gasteiger partial charge in [-0.15, -0.1) is 0 Å². The van der Waals surface area contributed by atoms with E-state index < -0.39 is 5.97 Å². The molecule has 0 spiro atoms. The largest absolute Gasteiger partial charge is 0.465 e. The normalized spacial score (nSPS) is 9.65. The Hall–Kier alpha value is -2.58. The number of hydrogen-bond acceptors (Lipinski definition) is 5. The Bertz CT molecular complexity index is 678. The van der Waals surface area contributed by atoms with Gasteiger partial charge in [0.15, 0.2) is 0 Å². The molecule has 1 heterocycles. The molecule has 1 aromatic heterocycles. The number of esters is 1. The molecule has 0 amide bonds.